The van der Waals surface area contributed by atoms with Crippen LogP contribution in [-0.4, -0.2) is 35.2 Å². The molecule has 0 saturated carbocycles. The maximum Gasteiger partial charge on any atom is 0.250 e. The molecule has 6 nitrogen and oxygen atoms in total. The van der Waals surface area contributed by atoms with Crippen LogP contribution in [0.2, 0.25) is 10.0 Å². The molecule has 4 aliphatic rings. The summed E-state index contributed by atoms with van der Waals surface area (Å²) in [4.78, 5) is 44.1. The molecule has 152 valence electrons. The Morgan fingerprint density at radius 3 is 2.53 bits per heavy atom. The monoisotopic (exact) mass is 441 g/mol. The Bertz CT molecular complexity index is 1130. The molecule has 1 N–H and O–H groups in total. The number of fused-ring (bicyclic) bond motifs is 7. The zero-order valence-electron chi connectivity index (χ0n) is 15.8. The van der Waals surface area contributed by atoms with Gasteiger partial charge in [0.05, 0.1) is 28.2 Å². The van der Waals surface area contributed by atoms with Gasteiger partial charge in [0.2, 0.25) is 11.8 Å². The maximum absolute atomic E-state index is 13.7. The zero-order chi connectivity index (χ0) is 20.8. The Morgan fingerprint density at radius 1 is 1.00 bits per heavy atom. The topological polar surface area (TPSA) is 69.7 Å². The Balaban J connectivity index is 1.56. The van der Waals surface area contributed by atoms with E-state index in [1.165, 1.54) is 4.90 Å². The number of carbonyl (C=O) groups excluding carboxylic acids is 3. The third kappa shape index (κ3) is 2.02. The molecule has 0 aromatic heterocycles. The Kier molecular flexibility index (Phi) is 3.71. The molecule has 4 heterocycles. The van der Waals surface area contributed by atoms with Crippen molar-refractivity contribution in [3.8, 4) is 0 Å². The van der Waals surface area contributed by atoms with E-state index in [-0.39, 0.29) is 23.8 Å². The molecule has 4 atom stereocenters. The number of hydrogen-bond donors (Lipinski definition) is 1. The van der Waals surface area contributed by atoms with Crippen molar-refractivity contribution in [3.05, 3.63) is 58.1 Å². The quantitative estimate of drug-likeness (QED) is 0.688. The molecule has 30 heavy (non-hydrogen) atoms. The first-order chi connectivity index (χ1) is 14.5. The summed E-state index contributed by atoms with van der Waals surface area (Å²) < 4.78 is 0. The van der Waals surface area contributed by atoms with Gasteiger partial charge < -0.3 is 5.32 Å². The molecular weight excluding hydrogens is 425 g/mol. The second-order valence-corrected chi connectivity index (χ2v) is 9.12. The molecule has 3 saturated heterocycles. The van der Waals surface area contributed by atoms with Crippen molar-refractivity contribution in [2.45, 2.75) is 24.4 Å². The summed E-state index contributed by atoms with van der Waals surface area (Å²) in [5.74, 6) is -2.21. The number of para-hydroxylation sites is 1. The highest BCUT2D eigenvalue weighted by atomic mass is 35.5. The van der Waals surface area contributed by atoms with Gasteiger partial charge in [-0.15, -0.1) is 0 Å². The first-order valence-corrected chi connectivity index (χ1v) is 10.7. The number of imide groups is 1. The fourth-order valence-corrected chi connectivity index (χ4v) is 6.39. The minimum atomic E-state index is -1.21. The van der Waals surface area contributed by atoms with E-state index in [1.54, 1.807) is 36.4 Å². The van der Waals surface area contributed by atoms with Crippen LogP contribution < -0.4 is 10.2 Å². The van der Waals surface area contributed by atoms with Crippen LogP contribution in [-0.2, 0) is 19.9 Å². The summed E-state index contributed by atoms with van der Waals surface area (Å²) in [6.07, 6.45) is 1.65. The van der Waals surface area contributed by atoms with Crippen LogP contribution in [0.5, 0.6) is 0 Å². The van der Waals surface area contributed by atoms with Crippen LogP contribution in [0.4, 0.5) is 11.4 Å². The third-order valence-electron chi connectivity index (χ3n) is 7.06. The minimum Gasteiger partial charge on any atom is -0.323 e. The van der Waals surface area contributed by atoms with Crippen molar-refractivity contribution < 1.29 is 14.4 Å². The van der Waals surface area contributed by atoms with Gasteiger partial charge in [-0.25, -0.2) is 4.90 Å². The summed E-state index contributed by atoms with van der Waals surface area (Å²) >= 11 is 12.4. The summed E-state index contributed by atoms with van der Waals surface area (Å²) in [6, 6.07) is 11.8. The molecule has 1 spiro atoms. The molecular formula is C22H17Cl2N3O3. The molecule has 2 aromatic carbocycles. The number of benzene rings is 2. The van der Waals surface area contributed by atoms with Crippen LogP contribution in [0.1, 0.15) is 18.4 Å². The number of nitrogens with one attached hydrogen (secondary N) is 1. The van der Waals surface area contributed by atoms with Gasteiger partial charge in [-0.05, 0) is 49.7 Å². The molecule has 3 fully saturated rings. The summed E-state index contributed by atoms with van der Waals surface area (Å²) in [6.45, 7) is 0.665. The minimum absolute atomic E-state index is 0.153. The van der Waals surface area contributed by atoms with E-state index in [4.69, 9.17) is 23.2 Å². The fraction of sp³-hybridized carbons (Fsp3) is 0.318. The maximum atomic E-state index is 13.7. The summed E-state index contributed by atoms with van der Waals surface area (Å²) in [7, 11) is 0. The number of carbonyl (C=O) groups is 3. The molecule has 0 unspecified atom stereocenters. The number of halogens is 2. The van der Waals surface area contributed by atoms with E-state index < -0.39 is 17.4 Å². The lowest BCUT2D eigenvalue weighted by atomic mass is 9.75. The molecule has 8 heteroatoms. The average molecular weight is 442 g/mol. The predicted molar refractivity (Wildman–Crippen MR) is 112 cm³/mol. The molecule has 6 rings (SSSR count). The smallest absolute Gasteiger partial charge is 0.250 e. The molecule has 0 bridgehead atoms. The van der Waals surface area contributed by atoms with Gasteiger partial charge in [-0.2, -0.15) is 0 Å². The van der Waals surface area contributed by atoms with Crippen LogP contribution >= 0.6 is 23.2 Å². The number of amides is 3. The van der Waals surface area contributed by atoms with Gasteiger partial charge in [0.25, 0.3) is 5.91 Å². The largest absolute Gasteiger partial charge is 0.323 e. The lowest BCUT2D eigenvalue weighted by Gasteiger charge is -2.36. The molecule has 3 amide bonds. The average Bonchev–Trinajstić information content (AvgIpc) is 3.42. The van der Waals surface area contributed by atoms with Crippen LogP contribution in [0.25, 0.3) is 0 Å². The van der Waals surface area contributed by atoms with E-state index in [2.05, 4.69) is 10.2 Å². The van der Waals surface area contributed by atoms with Crippen LogP contribution in [0.3, 0.4) is 0 Å². The summed E-state index contributed by atoms with van der Waals surface area (Å²) in [5.41, 5.74) is 0.507. The van der Waals surface area contributed by atoms with E-state index >= 15 is 0 Å². The highest BCUT2D eigenvalue weighted by Crippen LogP contribution is 2.61. The van der Waals surface area contributed by atoms with Gasteiger partial charge >= 0.3 is 0 Å². The van der Waals surface area contributed by atoms with Gasteiger partial charge in [0.15, 0.2) is 0 Å². The number of hydrogen-bond acceptors (Lipinski definition) is 4. The van der Waals surface area contributed by atoms with Crippen LogP contribution in [0.15, 0.2) is 42.5 Å². The Morgan fingerprint density at radius 2 is 1.77 bits per heavy atom. The Labute approximate surface area is 182 Å². The van der Waals surface area contributed by atoms with Gasteiger partial charge in [-0.3, -0.25) is 19.3 Å². The predicted octanol–water partition coefficient (Wildman–Crippen LogP) is 3.42. The second kappa shape index (κ2) is 6.06. The SMILES string of the molecule is O=C1[C@H]2[C@H]3CCCN3[C@]3(C(=O)Nc4c(Cl)cccc43)[C@@H]2C(=O)N1c1ccc(Cl)cc1. The normalized spacial score (nSPS) is 32.0. The van der Waals surface area contributed by atoms with Crippen LogP contribution in [0, 0.1) is 11.8 Å². The van der Waals surface area contributed by atoms with Crippen molar-refractivity contribution in [1.82, 2.24) is 4.90 Å². The third-order valence-corrected chi connectivity index (χ3v) is 7.63. The zero-order valence-corrected chi connectivity index (χ0v) is 17.3. The van der Waals surface area contributed by atoms with E-state index in [9.17, 15) is 14.4 Å². The molecule has 0 radical (unpaired) electrons. The number of nitrogens with zero attached hydrogens (tertiary/aromatic N) is 2. The number of anilines is 2. The molecule has 0 aliphatic carbocycles. The van der Waals surface area contributed by atoms with Gasteiger partial charge in [0.1, 0.15) is 5.54 Å². The van der Waals surface area contributed by atoms with Gasteiger partial charge in [0, 0.05) is 16.6 Å². The lowest BCUT2D eigenvalue weighted by molar-refractivity contribution is -0.135. The van der Waals surface area contributed by atoms with Crippen molar-refractivity contribution in [2.24, 2.45) is 11.8 Å². The number of rotatable bonds is 1. The second-order valence-electron chi connectivity index (χ2n) is 8.28. The highest BCUT2D eigenvalue weighted by Gasteiger charge is 2.74. The molecule has 4 aliphatic heterocycles. The van der Waals surface area contributed by atoms with Crippen molar-refractivity contribution in [1.29, 1.82) is 0 Å². The van der Waals surface area contributed by atoms with Gasteiger partial charge in [-0.1, -0.05) is 35.3 Å². The van der Waals surface area contributed by atoms with E-state index in [0.29, 0.717) is 33.5 Å². The van der Waals surface area contributed by atoms with E-state index in [0.717, 1.165) is 12.8 Å². The fourth-order valence-electron chi connectivity index (χ4n) is 6.04. The Hall–Kier alpha value is -2.41. The summed E-state index contributed by atoms with van der Waals surface area (Å²) in [5, 5.41) is 3.87. The van der Waals surface area contributed by atoms with Crippen molar-refractivity contribution in [2.75, 3.05) is 16.8 Å². The van der Waals surface area contributed by atoms with Crippen molar-refractivity contribution in [3.63, 3.8) is 0 Å². The molecule has 2 aromatic rings. The van der Waals surface area contributed by atoms with E-state index in [1.807, 2.05) is 6.07 Å². The first-order valence-electron chi connectivity index (χ1n) is 9.97. The first kappa shape index (κ1) is 18.4. The highest BCUT2D eigenvalue weighted by molar-refractivity contribution is 6.35. The lowest BCUT2D eigenvalue weighted by Crippen LogP contribution is -2.54. The standard InChI is InChI=1S/C22H17Cl2N3O3/c23-11-6-8-12(9-7-11)27-19(28)16-15-5-2-10-26(15)22(17(16)20(27)29)13-3-1-4-14(24)18(13)25-21(22)30/h1,3-4,6-9,15-17H,2,5,10H2,(H,25,30)/t15-,16+,17+,22+/m1/s1. The van der Waals surface area contributed by atoms with Crippen molar-refractivity contribution >= 4 is 52.3 Å².